The molecule has 2 aliphatic heterocycles. The van der Waals surface area contributed by atoms with Crippen LogP contribution >= 0.6 is 0 Å². The molecule has 1 aliphatic carbocycles. The second-order valence-electron chi connectivity index (χ2n) is 3.88. The summed E-state index contributed by atoms with van der Waals surface area (Å²) in [5.41, 5.74) is -1.23. The molecule has 1 N–H and O–H groups in total. The van der Waals surface area contributed by atoms with Gasteiger partial charge in [0.25, 0.3) is 0 Å². The van der Waals surface area contributed by atoms with Crippen LogP contribution < -0.4 is 5.32 Å². The summed E-state index contributed by atoms with van der Waals surface area (Å²) in [6.07, 6.45) is -8.40. The molecule has 3 rings (SSSR count). The molecule has 2 unspecified atom stereocenters. The summed E-state index contributed by atoms with van der Waals surface area (Å²) < 4.78 is 72.8. The molecule has 0 aromatic heterocycles. The van der Waals surface area contributed by atoms with Gasteiger partial charge in [-0.1, -0.05) is 20.8 Å². The maximum absolute atomic E-state index is 8.47. The summed E-state index contributed by atoms with van der Waals surface area (Å²) in [7, 11) is 0. The Labute approximate surface area is 82.2 Å². The fourth-order valence-corrected chi connectivity index (χ4v) is 1.03. The van der Waals surface area contributed by atoms with Gasteiger partial charge in [0, 0.05) is 24.4 Å². The van der Waals surface area contributed by atoms with Crippen LogP contribution in [-0.2, 0) is 0 Å². The van der Waals surface area contributed by atoms with E-state index in [1.807, 2.05) is 0 Å². The first kappa shape index (κ1) is 2.47. The van der Waals surface area contributed by atoms with Crippen molar-refractivity contribution >= 4 is 0 Å². The molecule has 0 aromatic carbocycles. The zero-order valence-corrected chi connectivity index (χ0v) is 7.00. The van der Waals surface area contributed by atoms with Gasteiger partial charge in [-0.05, 0) is 30.4 Å². The Morgan fingerprint density at radius 1 is 1.27 bits per heavy atom. The van der Waals surface area contributed by atoms with Crippen molar-refractivity contribution in [2.24, 2.45) is 11.3 Å². The summed E-state index contributed by atoms with van der Waals surface area (Å²) in [5.74, 6) is -2.45. The normalized spacial score (nSPS) is 89.2. The average molecular weight is 162 g/mol. The van der Waals surface area contributed by atoms with Gasteiger partial charge in [0.2, 0.25) is 0 Å². The third kappa shape index (κ3) is 1.31. The van der Waals surface area contributed by atoms with E-state index in [-0.39, 0.29) is 0 Å². The van der Waals surface area contributed by atoms with Crippen molar-refractivity contribution in [1.29, 1.82) is 0 Å². The van der Waals surface area contributed by atoms with Gasteiger partial charge in [0.1, 0.15) is 0 Å². The molecule has 11 heavy (non-hydrogen) atoms. The van der Waals surface area contributed by atoms with Gasteiger partial charge in [-0.2, -0.15) is 0 Å². The van der Waals surface area contributed by atoms with E-state index in [0.29, 0.717) is 0 Å². The van der Waals surface area contributed by atoms with Crippen LogP contribution in [0, 0.1) is 11.3 Å². The zero-order valence-electron chi connectivity index (χ0n) is 16.0. The molecule has 3 aliphatic rings. The monoisotopic (exact) mass is 162 g/mol. The lowest BCUT2D eigenvalue weighted by atomic mass is 9.66. The van der Waals surface area contributed by atoms with Crippen molar-refractivity contribution in [3.8, 4) is 0 Å². The van der Waals surface area contributed by atoms with Crippen LogP contribution in [0.15, 0.2) is 0 Å². The molecule has 0 aromatic rings. The van der Waals surface area contributed by atoms with E-state index in [1.165, 1.54) is 20.8 Å². The third-order valence-corrected chi connectivity index (χ3v) is 1.75. The molecular weight excluding hydrogens is 134 g/mol. The molecular formula is C10H19N. The zero-order chi connectivity index (χ0) is 16.2. The number of fused-ring (bicyclic) bond motifs is 2. The van der Waals surface area contributed by atoms with Crippen LogP contribution in [0.4, 0.5) is 0 Å². The van der Waals surface area contributed by atoms with Crippen LogP contribution in [0.5, 0.6) is 0 Å². The number of hydrogen-bond donors (Lipinski definition) is 1. The van der Waals surface area contributed by atoms with Gasteiger partial charge < -0.3 is 5.32 Å². The fraction of sp³-hybridized carbons (Fsp3) is 1.00. The lowest BCUT2D eigenvalue weighted by Crippen LogP contribution is -2.59. The molecule has 0 spiro atoms. The van der Waals surface area contributed by atoms with Crippen molar-refractivity contribution in [1.82, 2.24) is 5.32 Å². The van der Waals surface area contributed by atoms with E-state index in [9.17, 15) is 0 Å². The first-order valence-corrected chi connectivity index (χ1v) is 3.75. The smallest absolute Gasteiger partial charge is 0.0466 e. The van der Waals surface area contributed by atoms with Crippen molar-refractivity contribution in [3.63, 3.8) is 0 Å². The van der Waals surface area contributed by atoms with Crippen LogP contribution in [0.1, 0.15) is 52.2 Å². The molecule has 1 nitrogen and oxygen atoms in total. The summed E-state index contributed by atoms with van der Waals surface area (Å²) >= 11 is 0. The molecule has 3 fully saturated rings. The molecule has 0 radical (unpaired) electrons. The molecule has 1 saturated carbocycles. The Balaban J connectivity index is 2.82. The quantitative estimate of drug-likeness (QED) is 0.575. The molecule has 0 amide bonds. The second kappa shape index (κ2) is 2.22. The molecule has 2 bridgehead atoms. The number of piperidine rings is 1. The number of nitrogens with one attached hydrogen (secondary N) is 1. The van der Waals surface area contributed by atoms with Crippen LogP contribution in [0.2, 0.25) is 0 Å². The molecule has 2 saturated heterocycles. The second-order valence-corrected chi connectivity index (χ2v) is 3.88. The van der Waals surface area contributed by atoms with Gasteiger partial charge >= 0.3 is 0 Å². The van der Waals surface area contributed by atoms with Crippen LogP contribution in [0.25, 0.3) is 0 Å². The van der Waals surface area contributed by atoms with Crippen molar-refractivity contribution in [3.05, 3.63) is 0 Å². The van der Waals surface area contributed by atoms with E-state index >= 15 is 0 Å². The minimum absolute atomic E-state index is 1.23. The van der Waals surface area contributed by atoms with Gasteiger partial charge in [0.05, 0.1) is 0 Å². The summed E-state index contributed by atoms with van der Waals surface area (Å²) in [6, 6.07) is -5.05. The number of hydrogen-bond acceptors (Lipinski definition) is 1. The Bertz CT molecular complexity index is 438. The fourth-order valence-electron chi connectivity index (χ4n) is 1.03. The average Bonchev–Trinajstić information content (AvgIpc) is 2.23. The summed E-state index contributed by atoms with van der Waals surface area (Å²) in [6.45, 7) is 4.42. The van der Waals surface area contributed by atoms with Crippen LogP contribution in [-0.4, -0.2) is 12.0 Å². The third-order valence-electron chi connectivity index (χ3n) is 1.75. The minimum Gasteiger partial charge on any atom is -0.311 e. The topological polar surface area (TPSA) is 12.0 Å². The van der Waals surface area contributed by atoms with Crippen molar-refractivity contribution in [2.45, 2.75) is 51.9 Å². The Kier molecular flexibility index (Phi) is 0.500. The maximum Gasteiger partial charge on any atom is 0.0466 e. The van der Waals surface area contributed by atoms with Gasteiger partial charge in [0.15, 0.2) is 0 Å². The van der Waals surface area contributed by atoms with Gasteiger partial charge in [-0.15, -0.1) is 0 Å². The minimum atomic E-state index is -2.83. The molecule has 64 valence electrons. The largest absolute Gasteiger partial charge is 0.311 e. The molecule has 2 heterocycles. The first-order chi connectivity index (χ1) is 8.46. The predicted molar refractivity (Wildman–Crippen MR) is 47.5 cm³/mol. The SMILES string of the molecule is [2H]C1([2H])C2([2H])NC1([2H])C([2H])([2H])C([2H])(C(C)(C)C)C2([2H])[2H]. The number of rotatable bonds is 0. The highest BCUT2D eigenvalue weighted by Gasteiger charge is 2.41. The van der Waals surface area contributed by atoms with E-state index in [4.69, 9.17) is 12.3 Å². The van der Waals surface area contributed by atoms with E-state index < -0.39 is 42.5 Å². The van der Waals surface area contributed by atoms with Gasteiger partial charge in [-0.3, -0.25) is 0 Å². The van der Waals surface area contributed by atoms with Gasteiger partial charge in [-0.25, -0.2) is 0 Å². The lowest BCUT2D eigenvalue weighted by molar-refractivity contribution is 0.0625. The van der Waals surface area contributed by atoms with E-state index in [2.05, 4.69) is 5.32 Å². The van der Waals surface area contributed by atoms with Crippen molar-refractivity contribution in [2.75, 3.05) is 0 Å². The Morgan fingerprint density at radius 2 is 1.82 bits per heavy atom. The Hall–Kier alpha value is -0.0400. The molecule has 2 atom stereocenters. The standard InChI is InChI=1S/C10H19N/c1-10(2,3)7-4-8-6-9(5-7)11-8/h7-9,11H,4-6H2,1-3H3/i4D2,5D2,6D2,7D,8D,9D. The first-order valence-electron chi connectivity index (χ1n) is 8.25. The van der Waals surface area contributed by atoms with Crippen molar-refractivity contribution < 1.29 is 12.3 Å². The maximum atomic E-state index is 8.47. The predicted octanol–water partition coefficient (Wildman–Crippen LogP) is 2.17. The molecule has 1 heteroatoms. The highest BCUT2D eigenvalue weighted by molar-refractivity contribution is 4.99. The highest BCUT2D eigenvalue weighted by atomic mass is 15.0. The van der Waals surface area contributed by atoms with Crippen LogP contribution in [0.3, 0.4) is 0 Å². The van der Waals surface area contributed by atoms with E-state index in [1.54, 1.807) is 0 Å². The highest BCUT2D eigenvalue weighted by Crippen LogP contribution is 2.42. The Morgan fingerprint density at radius 3 is 2.18 bits per heavy atom. The van der Waals surface area contributed by atoms with E-state index in [0.717, 1.165) is 0 Å². The summed E-state index contributed by atoms with van der Waals surface area (Å²) in [4.78, 5) is 0. The summed E-state index contributed by atoms with van der Waals surface area (Å²) in [5, 5.41) is 2.12. The lowest BCUT2D eigenvalue weighted by Gasteiger charge is -2.50.